The highest BCUT2D eigenvalue weighted by atomic mass is 28.3. The molecule has 6 nitrogen and oxygen atoms in total. The minimum atomic E-state index is -3.68. The number of hydrogen-bond acceptors (Lipinski definition) is 6. The van der Waals surface area contributed by atoms with E-state index in [1.165, 1.54) is 0 Å². The van der Waals surface area contributed by atoms with Crippen molar-refractivity contribution in [3.05, 3.63) is 0 Å². The second-order valence-electron chi connectivity index (χ2n) is 1.24. The third-order valence-electron chi connectivity index (χ3n) is 0.612. The van der Waals surface area contributed by atoms with Gasteiger partial charge in [-0.2, -0.15) is 0 Å². The lowest BCUT2D eigenvalue weighted by Gasteiger charge is -2.16. The van der Waals surface area contributed by atoms with Crippen LogP contribution in [-0.2, 0) is 0 Å². The Balaban J connectivity index is 4.43. The molecule has 0 spiro atoms. The van der Waals surface area contributed by atoms with Gasteiger partial charge in [0.25, 0.3) is 0 Å². The molecule has 0 unspecified atom stereocenters. The Labute approximate surface area is 56.3 Å². The number of carbonyl (C=O) groups excluding carboxylic acids is 3. The normalized spacial score (nSPS) is 9.30. The number of carbonyl (C=O) groups is 3. The quantitative estimate of drug-likeness (QED) is 0.391. The van der Waals surface area contributed by atoms with Crippen LogP contribution in [0.5, 0.6) is 0 Å². The molecular weight excluding hydrogens is 160 g/mol. The molecule has 0 atom stereocenters. The van der Waals surface area contributed by atoms with Crippen molar-refractivity contribution in [1.29, 1.82) is 0 Å². The van der Waals surface area contributed by atoms with Crippen LogP contribution >= 0.6 is 0 Å². The number of hydrogen-bond donors (Lipinski definition) is 0. The third kappa shape index (κ3) is 1.86. The number of rotatable bonds is 3. The van der Waals surface area contributed by atoms with Gasteiger partial charge in [0.1, 0.15) is 0 Å². The second kappa shape index (κ2) is 2.97. The lowest BCUT2D eigenvalue weighted by atomic mass is 11.5. The summed E-state index contributed by atoms with van der Waals surface area (Å²) < 4.78 is 0. The van der Waals surface area contributed by atoms with E-state index in [-0.39, 0.29) is 0 Å². The minimum Gasteiger partial charge on any atom is -0.554 e. The average molecular weight is 160 g/mol. The topological polar surface area (TPSA) is 120 Å². The van der Waals surface area contributed by atoms with Gasteiger partial charge in [-0.1, -0.05) is 0 Å². The Hall–Kier alpha value is -1.37. The van der Waals surface area contributed by atoms with E-state index in [0.717, 1.165) is 0 Å². The van der Waals surface area contributed by atoms with Gasteiger partial charge in [0.05, 0.1) is 0 Å². The van der Waals surface area contributed by atoms with E-state index >= 15 is 0 Å². The molecular formula is C3O6Si-3. The molecule has 0 aromatic rings. The van der Waals surface area contributed by atoms with Gasteiger partial charge >= 0.3 is 0 Å². The number of carboxylic acid groups (broad SMARTS) is 3. The second-order valence-corrected chi connectivity index (χ2v) is 3.21. The molecule has 55 valence electrons. The largest absolute Gasteiger partial charge is 0.554 e. The van der Waals surface area contributed by atoms with Gasteiger partial charge in [-0.05, 0) is 0 Å². The van der Waals surface area contributed by atoms with Crippen LogP contribution in [0.1, 0.15) is 0 Å². The van der Waals surface area contributed by atoms with Crippen molar-refractivity contribution in [1.82, 2.24) is 0 Å². The fraction of sp³-hybridized carbons (Fsp3) is 0. The Kier molecular flexibility index (Phi) is 2.56. The monoisotopic (exact) mass is 160 g/mol. The predicted molar refractivity (Wildman–Crippen MR) is 21.9 cm³/mol. The first-order valence-electron chi connectivity index (χ1n) is 1.97. The molecule has 0 saturated carbocycles. The molecule has 0 saturated heterocycles. The van der Waals surface area contributed by atoms with Crippen LogP contribution in [0.2, 0.25) is 0 Å². The van der Waals surface area contributed by atoms with Crippen LogP contribution in [-0.4, -0.2) is 25.6 Å². The molecule has 7 heteroatoms. The first kappa shape index (κ1) is 8.63. The van der Waals surface area contributed by atoms with Crippen LogP contribution in [0.25, 0.3) is 0 Å². The first-order valence-corrected chi connectivity index (χ1v) is 3.47. The van der Waals surface area contributed by atoms with Gasteiger partial charge in [-0.15, -0.1) is 0 Å². The Morgan fingerprint density at radius 2 is 1.00 bits per heavy atom. The van der Waals surface area contributed by atoms with Gasteiger partial charge in [-0.25, -0.2) is 0 Å². The zero-order valence-electron chi connectivity index (χ0n) is 4.45. The summed E-state index contributed by atoms with van der Waals surface area (Å²) in [5.74, 6) is 0. The zero-order valence-corrected chi connectivity index (χ0v) is 5.45. The zero-order chi connectivity index (χ0) is 8.31. The third-order valence-corrected chi connectivity index (χ3v) is 1.84. The highest BCUT2D eigenvalue weighted by Crippen LogP contribution is 1.80. The van der Waals surface area contributed by atoms with Crippen LogP contribution in [0.3, 0.4) is 0 Å². The molecule has 0 aliphatic heterocycles. The lowest BCUT2D eigenvalue weighted by Crippen LogP contribution is -2.59. The van der Waals surface area contributed by atoms with Crippen molar-refractivity contribution in [3.63, 3.8) is 0 Å². The Bertz CT molecular complexity index is 152. The van der Waals surface area contributed by atoms with Crippen LogP contribution in [0.15, 0.2) is 0 Å². The van der Waals surface area contributed by atoms with Crippen molar-refractivity contribution < 1.29 is 29.7 Å². The van der Waals surface area contributed by atoms with Crippen LogP contribution in [0, 0.1) is 0 Å². The summed E-state index contributed by atoms with van der Waals surface area (Å²) in [7, 11) is -3.68. The van der Waals surface area contributed by atoms with E-state index in [9.17, 15) is 29.7 Å². The van der Waals surface area contributed by atoms with E-state index in [2.05, 4.69) is 0 Å². The molecule has 0 N–H and O–H groups in total. The summed E-state index contributed by atoms with van der Waals surface area (Å²) in [4.78, 5) is 29.0. The summed E-state index contributed by atoms with van der Waals surface area (Å²) in [6.45, 7) is 0. The van der Waals surface area contributed by atoms with Crippen molar-refractivity contribution in [3.8, 4) is 0 Å². The Morgan fingerprint density at radius 3 is 1.00 bits per heavy atom. The minimum absolute atomic E-state index is 2.15. The van der Waals surface area contributed by atoms with E-state index < -0.39 is 25.6 Å². The molecule has 1 radical (unpaired) electrons. The summed E-state index contributed by atoms with van der Waals surface area (Å²) in [6, 6.07) is 0. The van der Waals surface area contributed by atoms with Gasteiger partial charge in [-0.3, -0.25) is 0 Å². The molecule has 0 aliphatic carbocycles. The molecule has 0 fully saturated rings. The highest BCUT2D eigenvalue weighted by molar-refractivity contribution is 7.24. The van der Waals surface area contributed by atoms with Crippen molar-refractivity contribution in [2.75, 3.05) is 0 Å². The maximum absolute atomic E-state index is 9.67. The Morgan fingerprint density at radius 1 is 0.800 bits per heavy atom. The smallest absolute Gasteiger partial charge is 0.215 e. The fourth-order valence-corrected chi connectivity index (χ4v) is 0.750. The van der Waals surface area contributed by atoms with E-state index in [1.807, 2.05) is 0 Å². The maximum Gasteiger partial charge on any atom is 0.215 e. The molecule has 0 amide bonds. The molecule has 0 aromatic heterocycles. The van der Waals surface area contributed by atoms with Crippen molar-refractivity contribution in [2.24, 2.45) is 0 Å². The SMILES string of the molecule is O=C([O-])[Si](C(=O)[O-])C(=O)[O-]. The molecule has 0 aliphatic rings. The molecule has 0 rings (SSSR count). The van der Waals surface area contributed by atoms with E-state index in [4.69, 9.17) is 0 Å². The molecule has 0 heterocycles. The maximum atomic E-state index is 9.67. The summed E-state index contributed by atoms with van der Waals surface area (Å²) in [6.07, 6.45) is 0. The average Bonchev–Trinajstić information content (AvgIpc) is 1.59. The van der Waals surface area contributed by atoms with Crippen molar-refractivity contribution in [2.45, 2.75) is 0 Å². The summed E-state index contributed by atoms with van der Waals surface area (Å²) in [5.41, 5.74) is -6.44. The van der Waals surface area contributed by atoms with E-state index in [0.29, 0.717) is 0 Å². The molecule has 10 heavy (non-hydrogen) atoms. The van der Waals surface area contributed by atoms with Gasteiger partial charge < -0.3 is 29.7 Å². The standard InChI is InChI=1S/C3H3O6Si/c4-1(5)10(2(6)7)3(8)9/h(H,4,5)(H,6,7)(H,8,9)/p-3. The lowest BCUT2D eigenvalue weighted by molar-refractivity contribution is -0.249. The van der Waals surface area contributed by atoms with Crippen molar-refractivity contribution >= 4 is 25.6 Å². The van der Waals surface area contributed by atoms with Crippen LogP contribution in [0.4, 0.5) is 14.4 Å². The summed E-state index contributed by atoms with van der Waals surface area (Å²) >= 11 is 0. The van der Waals surface area contributed by atoms with Gasteiger partial charge in [0, 0.05) is 16.8 Å². The first-order chi connectivity index (χ1) is 4.46. The molecule has 0 aromatic carbocycles. The van der Waals surface area contributed by atoms with Gasteiger partial charge in [0.2, 0.25) is 8.80 Å². The van der Waals surface area contributed by atoms with Gasteiger partial charge in [0.15, 0.2) is 0 Å². The molecule has 0 bridgehead atoms. The predicted octanol–water partition coefficient (Wildman–Crippen LogP) is -3.74. The van der Waals surface area contributed by atoms with E-state index in [1.54, 1.807) is 0 Å². The summed E-state index contributed by atoms with van der Waals surface area (Å²) in [5, 5.41) is 29.0. The van der Waals surface area contributed by atoms with Crippen LogP contribution < -0.4 is 15.3 Å². The highest BCUT2D eigenvalue weighted by Gasteiger charge is 2.15. The fourth-order valence-electron chi connectivity index (χ4n) is 0.250.